The van der Waals surface area contributed by atoms with Gasteiger partial charge >= 0.3 is 0 Å². The number of hydrogen-bond acceptors (Lipinski definition) is 3. The number of ether oxygens (including phenoxy) is 1. The summed E-state index contributed by atoms with van der Waals surface area (Å²) < 4.78 is 8.39. The maximum Gasteiger partial charge on any atom is 0.135 e. The summed E-state index contributed by atoms with van der Waals surface area (Å²) in [5.41, 5.74) is 7.60. The zero-order chi connectivity index (χ0) is 30.8. The summed E-state index contributed by atoms with van der Waals surface area (Å²) in [5, 5.41) is 16.3. The van der Waals surface area contributed by atoms with Crippen molar-refractivity contribution in [2.45, 2.75) is 13.8 Å². The first kappa shape index (κ1) is 30.8. The molecule has 2 heterocycles. The van der Waals surface area contributed by atoms with E-state index in [0.717, 1.165) is 55.6 Å². The Labute approximate surface area is 283 Å². The van der Waals surface area contributed by atoms with Gasteiger partial charge in [-0.2, -0.15) is 17.8 Å². The Kier molecular flexibility index (Phi) is 8.96. The quantitative estimate of drug-likeness (QED) is 0.124. The molecule has 6 heteroatoms. The summed E-state index contributed by atoms with van der Waals surface area (Å²) in [6, 6.07) is 49.1. The topological polar surface area (TPSA) is 61.4 Å². The zero-order valence-electron chi connectivity index (χ0n) is 25.3. The molecule has 5 nitrogen and oxygen atoms in total. The average molecular weight is 777 g/mol. The molecule has 5 aromatic carbocycles. The summed E-state index contributed by atoms with van der Waals surface area (Å²) in [6.45, 7) is 3.64. The molecule has 0 bridgehead atoms. The van der Waals surface area contributed by atoms with Crippen LogP contribution >= 0.6 is 0 Å². The van der Waals surface area contributed by atoms with Gasteiger partial charge in [0, 0.05) is 50.0 Å². The van der Waals surface area contributed by atoms with E-state index in [0.29, 0.717) is 17.2 Å². The molecule has 0 atom stereocenters. The second kappa shape index (κ2) is 13.4. The molecule has 0 saturated carbocycles. The molecule has 0 aliphatic carbocycles. The molecule has 2 aromatic heterocycles. The number of anilines is 1. The molecule has 0 spiro atoms. The Morgan fingerprint density at radius 2 is 1.41 bits per heavy atom. The molecule has 0 unspecified atom stereocenters. The van der Waals surface area contributed by atoms with Gasteiger partial charge in [-0.1, -0.05) is 97.0 Å². The second-order valence-corrected chi connectivity index (χ2v) is 10.8. The van der Waals surface area contributed by atoms with Crippen LogP contribution in [0.5, 0.6) is 11.5 Å². The van der Waals surface area contributed by atoms with E-state index >= 15 is 0 Å². The fourth-order valence-electron chi connectivity index (χ4n) is 5.78. The van der Waals surface area contributed by atoms with Crippen LogP contribution in [0, 0.1) is 12.1 Å². The van der Waals surface area contributed by atoms with Crippen molar-refractivity contribution in [2.24, 2.45) is 0 Å². The van der Waals surface area contributed by atoms with Crippen LogP contribution in [0.1, 0.15) is 19.4 Å². The number of aromatic nitrogens is 2. The van der Waals surface area contributed by atoms with Crippen molar-refractivity contribution in [3.05, 3.63) is 162 Å². The second-order valence-electron chi connectivity index (χ2n) is 10.8. The summed E-state index contributed by atoms with van der Waals surface area (Å²) in [4.78, 5) is 4.60. The minimum atomic E-state index is 0. The zero-order valence-corrected chi connectivity index (χ0v) is 27.5. The fourth-order valence-corrected chi connectivity index (χ4v) is 5.78. The van der Waals surface area contributed by atoms with Crippen molar-refractivity contribution in [1.82, 2.24) is 9.55 Å². The van der Waals surface area contributed by atoms with Gasteiger partial charge < -0.3 is 20.0 Å². The average Bonchev–Trinajstić information content (AvgIpc) is 3.39. The third-order valence-corrected chi connectivity index (χ3v) is 7.76. The molecular weight excluding hydrogens is 748 g/mol. The number of nitrogens with zero attached hydrogens (tertiary/aromatic N) is 3. The molecule has 46 heavy (non-hydrogen) atoms. The van der Waals surface area contributed by atoms with E-state index in [9.17, 15) is 5.41 Å². The molecule has 228 valence electrons. The van der Waals surface area contributed by atoms with Gasteiger partial charge in [0.25, 0.3) is 0 Å². The number of hydrogen-bond donors (Lipinski definition) is 1. The number of fused-ring (bicyclic) bond motifs is 3. The maximum atomic E-state index is 10.7. The van der Waals surface area contributed by atoms with Crippen LogP contribution in [-0.4, -0.2) is 15.3 Å². The Bertz CT molecular complexity index is 2190. The predicted octanol–water partition coefficient (Wildman–Crippen LogP) is 10.1. The monoisotopic (exact) mass is 776 g/mol. The van der Waals surface area contributed by atoms with E-state index in [4.69, 9.17) is 4.74 Å². The van der Waals surface area contributed by atoms with Gasteiger partial charge in [-0.3, -0.25) is 0 Å². The first-order chi connectivity index (χ1) is 22.0. The number of nitrogens with one attached hydrogen (secondary N) is 1. The van der Waals surface area contributed by atoms with Gasteiger partial charge in [-0.05, 0) is 52.8 Å². The van der Waals surface area contributed by atoms with Crippen molar-refractivity contribution >= 4 is 38.8 Å². The smallest absolute Gasteiger partial charge is 0.135 e. The number of allylic oxidation sites excluding steroid dienone is 2. The van der Waals surface area contributed by atoms with Gasteiger partial charge in [0.05, 0.1) is 0 Å². The van der Waals surface area contributed by atoms with Gasteiger partial charge in [0.1, 0.15) is 5.82 Å². The third kappa shape index (κ3) is 6.15. The van der Waals surface area contributed by atoms with E-state index in [-0.39, 0.29) is 26.8 Å². The van der Waals surface area contributed by atoms with E-state index in [1.807, 2.05) is 91.9 Å². The van der Waals surface area contributed by atoms with Gasteiger partial charge in [0.15, 0.2) is 0 Å². The largest absolute Gasteiger partial charge is 0.807 e. The molecule has 0 radical (unpaired) electrons. The molecule has 0 aliphatic rings. The number of para-hydroxylation sites is 1. The molecule has 1 N–H and O–H groups in total. The van der Waals surface area contributed by atoms with Crippen LogP contribution in [0.3, 0.4) is 0 Å². The Morgan fingerprint density at radius 3 is 2.17 bits per heavy atom. The number of benzene rings is 5. The van der Waals surface area contributed by atoms with E-state index in [1.165, 1.54) is 0 Å². The maximum absolute atomic E-state index is 10.7. The molecule has 0 amide bonds. The number of rotatable bonds is 8. The normalized spacial score (nSPS) is 11.5. The summed E-state index contributed by atoms with van der Waals surface area (Å²) in [5.74, 6) is 1.93. The third-order valence-electron chi connectivity index (χ3n) is 7.76. The summed E-state index contributed by atoms with van der Waals surface area (Å²) >= 11 is 0. The van der Waals surface area contributed by atoms with Crippen LogP contribution < -0.4 is 10.1 Å². The minimum absolute atomic E-state index is 0. The van der Waals surface area contributed by atoms with Crippen molar-refractivity contribution in [2.75, 3.05) is 5.32 Å². The number of pyridine rings is 1. The molecule has 0 aliphatic heterocycles. The van der Waals surface area contributed by atoms with Gasteiger partial charge in [-0.25, -0.2) is 4.98 Å². The van der Waals surface area contributed by atoms with Crippen molar-refractivity contribution in [3.63, 3.8) is 0 Å². The first-order valence-electron chi connectivity index (χ1n) is 14.8. The standard InChI is InChI=1S/C40H29N4O.Pt/c1-27(41)40(31-20-18-30(19-21-31)29-11-4-3-5-12-29)28(2)43-32-13-10-14-33(25-32)45-34-22-23-36-35-15-6-7-16-37(35)44(38(36)26-34)39-17-8-9-24-42-39;/h3-24,43H,1-2H3;/q-3;/b40-28+;. The predicted molar refractivity (Wildman–Crippen MR) is 185 cm³/mol. The van der Waals surface area contributed by atoms with Crippen LogP contribution in [0.4, 0.5) is 5.69 Å². The molecule has 7 aromatic rings. The molecule has 0 fully saturated rings. The van der Waals surface area contributed by atoms with Crippen molar-refractivity contribution < 1.29 is 25.8 Å². The molecular formula is C40H29N4OPt-3. The minimum Gasteiger partial charge on any atom is -0.807 e. The van der Waals surface area contributed by atoms with E-state index < -0.39 is 0 Å². The first-order valence-corrected chi connectivity index (χ1v) is 14.8. The van der Waals surface area contributed by atoms with Gasteiger partial charge in [-0.15, -0.1) is 35.7 Å². The molecule has 0 saturated heterocycles. The fraction of sp³-hybridized carbons (Fsp3) is 0.0500. The van der Waals surface area contributed by atoms with Crippen molar-refractivity contribution in [3.8, 4) is 28.4 Å². The van der Waals surface area contributed by atoms with E-state index in [1.54, 1.807) is 13.1 Å². The van der Waals surface area contributed by atoms with Crippen molar-refractivity contribution in [1.29, 1.82) is 0 Å². The Morgan fingerprint density at radius 1 is 0.696 bits per heavy atom. The Hall–Kier alpha value is -5.25. The van der Waals surface area contributed by atoms with Gasteiger partial charge in [0.2, 0.25) is 0 Å². The molecule has 7 rings (SSSR count). The van der Waals surface area contributed by atoms with Crippen LogP contribution in [0.15, 0.2) is 139 Å². The Balaban J connectivity index is 0.00000372. The SMILES string of the molecule is CC(=[N-])/C(=C(/C)Nc1[c-]c(Oc2[c-]c3c(cc2)c2ccccc2n3-c2ccccn2)ccc1)c1ccc(-c2ccccc2)cc1.[Pt]. The van der Waals surface area contributed by atoms with Crippen LogP contribution in [0.25, 0.3) is 49.7 Å². The van der Waals surface area contributed by atoms with Crippen LogP contribution in [-0.2, 0) is 21.1 Å². The summed E-state index contributed by atoms with van der Waals surface area (Å²) in [6.07, 6.45) is 1.79. The van der Waals surface area contributed by atoms with Crippen LogP contribution in [0.2, 0.25) is 0 Å². The summed E-state index contributed by atoms with van der Waals surface area (Å²) in [7, 11) is 0. The van der Waals surface area contributed by atoms with E-state index in [2.05, 4.69) is 69.5 Å².